The molecule has 1 aliphatic heterocycles. The molecule has 1 N–H and O–H groups in total. The van der Waals surface area contributed by atoms with Crippen molar-refractivity contribution in [3.8, 4) is 0 Å². The average molecular weight is 260 g/mol. The Hall–Kier alpha value is -0.860. The minimum absolute atomic E-state index is 0.0745. The van der Waals surface area contributed by atoms with Gasteiger partial charge in [0.2, 0.25) is 0 Å². The molecule has 1 unspecified atom stereocenters. The average Bonchev–Trinajstić information content (AvgIpc) is 2.47. The molecule has 19 heavy (non-hydrogen) atoms. The third-order valence-corrected chi connectivity index (χ3v) is 5.10. The van der Waals surface area contributed by atoms with E-state index in [1.807, 2.05) is 0 Å². The molecule has 0 amide bonds. The first kappa shape index (κ1) is 14.5. The molecule has 2 heteroatoms. The molecule has 2 nitrogen and oxygen atoms in total. The van der Waals surface area contributed by atoms with Crippen LogP contribution in [-0.4, -0.2) is 30.1 Å². The summed E-state index contributed by atoms with van der Waals surface area (Å²) in [4.78, 5) is 2.68. The van der Waals surface area contributed by atoms with Crippen molar-refractivity contribution in [2.45, 2.75) is 51.6 Å². The lowest BCUT2D eigenvalue weighted by Crippen LogP contribution is -2.62. The first-order valence-corrected chi connectivity index (χ1v) is 7.60. The Morgan fingerprint density at radius 3 is 2.42 bits per heavy atom. The molecule has 1 aromatic carbocycles. The van der Waals surface area contributed by atoms with E-state index in [1.165, 1.54) is 18.4 Å². The Kier molecular flexibility index (Phi) is 4.32. The standard InChI is InChI=1S/C17H28N2/c1-5-16(3,6-2)19-13-12-18-17(4,14-19)15-10-8-7-9-11-15/h7-11,18H,5-6,12-14H2,1-4H3. The minimum Gasteiger partial charge on any atom is -0.305 e. The van der Waals surface area contributed by atoms with Gasteiger partial charge in [0.1, 0.15) is 0 Å². The van der Waals surface area contributed by atoms with Crippen molar-refractivity contribution >= 4 is 0 Å². The van der Waals surface area contributed by atoms with Crippen LogP contribution in [0.5, 0.6) is 0 Å². The van der Waals surface area contributed by atoms with Gasteiger partial charge in [0, 0.05) is 25.2 Å². The van der Waals surface area contributed by atoms with E-state index in [1.54, 1.807) is 0 Å². The molecule has 1 fully saturated rings. The molecule has 2 rings (SSSR count). The number of piperazine rings is 1. The highest BCUT2D eigenvalue weighted by Gasteiger charge is 2.38. The quantitative estimate of drug-likeness (QED) is 0.893. The van der Waals surface area contributed by atoms with Gasteiger partial charge in [-0.15, -0.1) is 0 Å². The van der Waals surface area contributed by atoms with Crippen molar-refractivity contribution in [1.29, 1.82) is 0 Å². The molecule has 0 radical (unpaired) electrons. The summed E-state index contributed by atoms with van der Waals surface area (Å²) >= 11 is 0. The van der Waals surface area contributed by atoms with Crippen molar-refractivity contribution < 1.29 is 0 Å². The predicted octanol–water partition coefficient (Wildman–Crippen LogP) is 3.39. The number of nitrogens with zero attached hydrogens (tertiary/aromatic N) is 1. The SMILES string of the molecule is CCC(C)(CC)N1CCNC(C)(c2ccccc2)C1. The van der Waals surface area contributed by atoms with Crippen molar-refractivity contribution in [3.05, 3.63) is 35.9 Å². The van der Waals surface area contributed by atoms with Gasteiger partial charge in [-0.25, -0.2) is 0 Å². The van der Waals surface area contributed by atoms with Crippen molar-refractivity contribution in [2.24, 2.45) is 0 Å². The van der Waals surface area contributed by atoms with E-state index in [0.717, 1.165) is 19.6 Å². The second-order valence-corrected chi connectivity index (χ2v) is 6.25. The number of rotatable bonds is 4. The Bertz CT molecular complexity index is 397. The number of benzene rings is 1. The van der Waals surface area contributed by atoms with Crippen LogP contribution in [0.3, 0.4) is 0 Å². The fourth-order valence-corrected chi connectivity index (χ4v) is 3.14. The predicted molar refractivity (Wildman–Crippen MR) is 82.4 cm³/mol. The molecule has 0 saturated carbocycles. The van der Waals surface area contributed by atoms with E-state index < -0.39 is 0 Å². The van der Waals surface area contributed by atoms with Crippen LogP contribution in [0, 0.1) is 0 Å². The fourth-order valence-electron chi connectivity index (χ4n) is 3.14. The van der Waals surface area contributed by atoms with Crippen molar-refractivity contribution in [2.75, 3.05) is 19.6 Å². The summed E-state index contributed by atoms with van der Waals surface area (Å²) in [5.74, 6) is 0. The maximum absolute atomic E-state index is 3.72. The van der Waals surface area contributed by atoms with Gasteiger partial charge in [-0.3, -0.25) is 4.90 Å². The van der Waals surface area contributed by atoms with Gasteiger partial charge in [0.15, 0.2) is 0 Å². The van der Waals surface area contributed by atoms with Gasteiger partial charge in [-0.05, 0) is 32.3 Å². The molecular weight excluding hydrogens is 232 g/mol. The van der Waals surface area contributed by atoms with Crippen LogP contribution < -0.4 is 5.32 Å². The first-order chi connectivity index (χ1) is 9.04. The Morgan fingerprint density at radius 1 is 1.21 bits per heavy atom. The van der Waals surface area contributed by atoms with E-state index in [2.05, 4.69) is 68.2 Å². The van der Waals surface area contributed by atoms with Crippen LogP contribution in [0.15, 0.2) is 30.3 Å². The first-order valence-electron chi connectivity index (χ1n) is 7.60. The van der Waals surface area contributed by atoms with Crippen LogP contribution in [0.4, 0.5) is 0 Å². The summed E-state index contributed by atoms with van der Waals surface area (Å²) in [5, 5.41) is 3.72. The molecule has 1 heterocycles. The van der Waals surface area contributed by atoms with E-state index in [4.69, 9.17) is 0 Å². The largest absolute Gasteiger partial charge is 0.305 e. The van der Waals surface area contributed by atoms with E-state index in [-0.39, 0.29) is 5.54 Å². The Morgan fingerprint density at radius 2 is 1.84 bits per heavy atom. The lowest BCUT2D eigenvalue weighted by Gasteiger charge is -2.49. The molecule has 1 aromatic rings. The number of hydrogen-bond acceptors (Lipinski definition) is 2. The molecule has 106 valence electrons. The molecule has 0 spiro atoms. The third-order valence-electron chi connectivity index (χ3n) is 5.10. The van der Waals surface area contributed by atoms with Crippen LogP contribution in [-0.2, 0) is 5.54 Å². The summed E-state index contributed by atoms with van der Waals surface area (Å²) in [6, 6.07) is 10.9. The summed E-state index contributed by atoms with van der Waals surface area (Å²) in [6.45, 7) is 12.7. The Labute approximate surface area is 118 Å². The molecule has 1 aliphatic rings. The van der Waals surface area contributed by atoms with Crippen LogP contribution >= 0.6 is 0 Å². The van der Waals surface area contributed by atoms with Crippen LogP contribution in [0.2, 0.25) is 0 Å². The van der Waals surface area contributed by atoms with Gasteiger partial charge in [-0.1, -0.05) is 44.2 Å². The van der Waals surface area contributed by atoms with Crippen LogP contribution in [0.25, 0.3) is 0 Å². The van der Waals surface area contributed by atoms with Gasteiger partial charge in [0.25, 0.3) is 0 Å². The zero-order valence-corrected chi connectivity index (χ0v) is 12.9. The van der Waals surface area contributed by atoms with E-state index in [0.29, 0.717) is 5.54 Å². The fraction of sp³-hybridized carbons (Fsp3) is 0.647. The lowest BCUT2D eigenvalue weighted by molar-refractivity contribution is 0.0341. The van der Waals surface area contributed by atoms with Gasteiger partial charge in [-0.2, -0.15) is 0 Å². The maximum atomic E-state index is 3.72. The summed E-state index contributed by atoms with van der Waals surface area (Å²) in [6.07, 6.45) is 2.43. The van der Waals surface area contributed by atoms with Gasteiger partial charge < -0.3 is 5.32 Å². The normalized spacial score (nSPS) is 25.5. The highest BCUT2D eigenvalue weighted by molar-refractivity contribution is 5.25. The second kappa shape index (κ2) is 5.64. The van der Waals surface area contributed by atoms with Crippen molar-refractivity contribution in [1.82, 2.24) is 10.2 Å². The van der Waals surface area contributed by atoms with Gasteiger partial charge >= 0.3 is 0 Å². The number of nitrogens with one attached hydrogen (secondary N) is 1. The summed E-state index contributed by atoms with van der Waals surface area (Å²) in [5.41, 5.74) is 1.80. The van der Waals surface area contributed by atoms with E-state index >= 15 is 0 Å². The second-order valence-electron chi connectivity index (χ2n) is 6.25. The highest BCUT2D eigenvalue weighted by atomic mass is 15.3. The molecule has 0 aliphatic carbocycles. The zero-order valence-electron chi connectivity index (χ0n) is 12.9. The molecule has 1 saturated heterocycles. The summed E-state index contributed by atoms with van der Waals surface area (Å²) in [7, 11) is 0. The topological polar surface area (TPSA) is 15.3 Å². The minimum atomic E-state index is 0.0745. The monoisotopic (exact) mass is 260 g/mol. The Balaban J connectivity index is 2.21. The highest BCUT2D eigenvalue weighted by Crippen LogP contribution is 2.31. The van der Waals surface area contributed by atoms with Gasteiger partial charge in [0.05, 0.1) is 5.54 Å². The lowest BCUT2D eigenvalue weighted by atomic mass is 9.85. The molecular formula is C17H28N2. The smallest absolute Gasteiger partial charge is 0.0535 e. The zero-order chi connectivity index (χ0) is 13.9. The number of hydrogen-bond donors (Lipinski definition) is 1. The van der Waals surface area contributed by atoms with E-state index in [9.17, 15) is 0 Å². The van der Waals surface area contributed by atoms with Crippen molar-refractivity contribution in [3.63, 3.8) is 0 Å². The molecule has 1 atom stereocenters. The summed E-state index contributed by atoms with van der Waals surface area (Å²) < 4.78 is 0. The molecule has 0 bridgehead atoms. The third kappa shape index (κ3) is 2.85. The maximum Gasteiger partial charge on any atom is 0.0535 e. The van der Waals surface area contributed by atoms with Crippen LogP contribution in [0.1, 0.15) is 46.1 Å². The molecule has 0 aromatic heterocycles.